The minimum absolute atomic E-state index is 0.799. The van der Waals surface area contributed by atoms with Crippen molar-refractivity contribution in [2.45, 2.75) is 0 Å². The Kier molecular flexibility index (Phi) is 2.17. The molecule has 0 amide bonds. The van der Waals surface area contributed by atoms with Crippen LogP contribution in [0, 0.1) is 0 Å². The highest BCUT2D eigenvalue weighted by Crippen LogP contribution is 2.22. The van der Waals surface area contributed by atoms with E-state index in [1.165, 1.54) is 0 Å². The Morgan fingerprint density at radius 3 is 2.93 bits per heavy atom. The van der Waals surface area contributed by atoms with Crippen molar-refractivity contribution in [3.8, 4) is 5.75 Å². The maximum Gasteiger partial charge on any atom is 0.208 e. The zero-order valence-corrected chi connectivity index (χ0v) is 8.84. The number of methoxy groups -OCH3 is 1. The molecule has 0 aliphatic carbocycles. The number of nitrogens with two attached hydrogens (primary N) is 1. The fraction of sp³-hybridized carbons (Fsp3) is 0.222. The number of nitrogens with zero attached hydrogens (tertiary/aromatic N) is 2. The van der Waals surface area contributed by atoms with Gasteiger partial charge < -0.3 is 15.1 Å². The lowest BCUT2D eigenvalue weighted by Crippen LogP contribution is -2.12. The minimum atomic E-state index is 0.799. The number of ether oxygens (including phenoxy) is 1. The third-order valence-electron chi connectivity index (χ3n) is 2.13. The minimum Gasteiger partial charge on any atom is -0.497 e. The Morgan fingerprint density at radius 1 is 1.50 bits per heavy atom. The van der Waals surface area contributed by atoms with Gasteiger partial charge in [0.2, 0.25) is 4.80 Å². The molecular formula is C9H11N3OS. The fourth-order valence-corrected chi connectivity index (χ4v) is 2.33. The average Bonchev–Trinajstić information content (AvgIpc) is 2.55. The zero-order chi connectivity index (χ0) is 10.1. The number of hydrogen-bond acceptors (Lipinski definition) is 4. The van der Waals surface area contributed by atoms with Gasteiger partial charge in [0.15, 0.2) is 0 Å². The van der Waals surface area contributed by atoms with E-state index in [-0.39, 0.29) is 0 Å². The van der Waals surface area contributed by atoms with E-state index in [0.29, 0.717) is 0 Å². The second-order valence-electron chi connectivity index (χ2n) is 2.91. The highest BCUT2D eigenvalue weighted by Gasteiger charge is 2.03. The van der Waals surface area contributed by atoms with Gasteiger partial charge in [-0.15, -0.1) is 0 Å². The van der Waals surface area contributed by atoms with Gasteiger partial charge in [0.1, 0.15) is 5.75 Å². The van der Waals surface area contributed by atoms with Crippen molar-refractivity contribution >= 4 is 21.6 Å². The van der Waals surface area contributed by atoms with Crippen LogP contribution in [0.1, 0.15) is 0 Å². The fourth-order valence-electron chi connectivity index (χ4n) is 1.36. The van der Waals surface area contributed by atoms with Crippen molar-refractivity contribution in [3.63, 3.8) is 0 Å². The van der Waals surface area contributed by atoms with Crippen LogP contribution in [0.4, 0.5) is 0 Å². The molecule has 2 aromatic rings. The quantitative estimate of drug-likeness (QED) is 0.563. The Balaban J connectivity index is 2.79. The third-order valence-corrected chi connectivity index (χ3v) is 3.24. The molecule has 0 radical (unpaired) electrons. The van der Waals surface area contributed by atoms with E-state index in [1.54, 1.807) is 18.4 Å². The molecule has 4 nitrogen and oxygen atoms in total. The highest BCUT2D eigenvalue weighted by molar-refractivity contribution is 7.16. The van der Waals surface area contributed by atoms with Gasteiger partial charge in [-0.2, -0.15) is 5.10 Å². The van der Waals surface area contributed by atoms with Crippen molar-refractivity contribution in [1.29, 1.82) is 0 Å². The van der Waals surface area contributed by atoms with Crippen molar-refractivity contribution < 1.29 is 4.74 Å². The first-order chi connectivity index (χ1) is 6.76. The van der Waals surface area contributed by atoms with E-state index >= 15 is 0 Å². The first kappa shape index (κ1) is 9.08. The first-order valence-corrected chi connectivity index (χ1v) is 4.95. The normalized spacial score (nSPS) is 12.3. The number of hydrogen-bond donors (Lipinski definition) is 1. The predicted octanol–water partition coefficient (Wildman–Crippen LogP) is 1.02. The average molecular weight is 209 g/mol. The summed E-state index contributed by atoms with van der Waals surface area (Å²) in [4.78, 5) is 0.799. The van der Waals surface area contributed by atoms with Gasteiger partial charge in [0.25, 0.3) is 0 Å². The van der Waals surface area contributed by atoms with E-state index in [4.69, 9.17) is 10.6 Å². The smallest absolute Gasteiger partial charge is 0.208 e. The Labute approximate surface area is 85.2 Å². The molecule has 0 unspecified atom stereocenters. The van der Waals surface area contributed by atoms with E-state index in [9.17, 15) is 0 Å². The molecule has 0 bridgehead atoms. The summed E-state index contributed by atoms with van der Waals surface area (Å²) in [7, 11) is 3.60. The largest absolute Gasteiger partial charge is 0.497 e. The van der Waals surface area contributed by atoms with E-state index < -0.39 is 0 Å². The summed E-state index contributed by atoms with van der Waals surface area (Å²) in [6.45, 7) is 0. The van der Waals surface area contributed by atoms with Gasteiger partial charge in [0.05, 0.1) is 17.3 Å². The van der Waals surface area contributed by atoms with Crippen molar-refractivity contribution in [1.82, 2.24) is 4.57 Å². The summed E-state index contributed by atoms with van der Waals surface area (Å²) in [6.07, 6.45) is 0. The second-order valence-corrected chi connectivity index (χ2v) is 3.92. The van der Waals surface area contributed by atoms with Crippen molar-refractivity contribution in [3.05, 3.63) is 23.0 Å². The molecule has 0 aliphatic heterocycles. The van der Waals surface area contributed by atoms with Crippen LogP contribution < -0.4 is 15.4 Å². The van der Waals surface area contributed by atoms with Crippen molar-refractivity contribution in [2.24, 2.45) is 18.0 Å². The van der Waals surface area contributed by atoms with Crippen molar-refractivity contribution in [2.75, 3.05) is 7.11 Å². The van der Waals surface area contributed by atoms with Crippen LogP contribution in [-0.4, -0.2) is 11.7 Å². The number of thiazole rings is 1. The number of aromatic nitrogens is 1. The lowest BCUT2D eigenvalue weighted by atomic mass is 10.3. The van der Waals surface area contributed by atoms with Crippen LogP contribution in [0.2, 0.25) is 0 Å². The van der Waals surface area contributed by atoms with E-state index in [1.807, 2.05) is 29.8 Å². The van der Waals surface area contributed by atoms with Crippen LogP contribution in [-0.2, 0) is 7.05 Å². The molecule has 1 aromatic carbocycles. The summed E-state index contributed by atoms with van der Waals surface area (Å²) in [5, 5.41) is 3.70. The SMILES string of the molecule is COc1ccc2c(c1)s/c(=N/N)n2C. The molecular weight excluding hydrogens is 198 g/mol. The molecule has 14 heavy (non-hydrogen) atoms. The number of aryl methyl sites for hydroxylation is 1. The summed E-state index contributed by atoms with van der Waals surface area (Å²) in [5.41, 5.74) is 1.11. The van der Waals surface area contributed by atoms with Gasteiger partial charge in [-0.25, -0.2) is 0 Å². The molecule has 0 fully saturated rings. The number of fused-ring (bicyclic) bond motifs is 1. The van der Waals surface area contributed by atoms with E-state index in [2.05, 4.69) is 5.10 Å². The lowest BCUT2D eigenvalue weighted by Gasteiger charge is -1.99. The first-order valence-electron chi connectivity index (χ1n) is 4.13. The number of benzene rings is 1. The monoisotopic (exact) mass is 209 g/mol. The van der Waals surface area contributed by atoms with Crippen LogP contribution in [0.25, 0.3) is 10.2 Å². The van der Waals surface area contributed by atoms with Gasteiger partial charge >= 0.3 is 0 Å². The second kappa shape index (κ2) is 3.34. The van der Waals surface area contributed by atoms with Gasteiger partial charge in [-0.1, -0.05) is 11.3 Å². The van der Waals surface area contributed by atoms with Crippen LogP contribution >= 0.6 is 11.3 Å². The topological polar surface area (TPSA) is 52.5 Å². The maximum atomic E-state index is 5.27. The standard InChI is InChI=1S/C9H11N3OS/c1-12-7-4-3-6(13-2)5-8(7)14-9(12)11-10/h3-5H,10H2,1-2H3/b11-9+. The lowest BCUT2D eigenvalue weighted by molar-refractivity contribution is 0.415. The molecule has 74 valence electrons. The van der Waals surface area contributed by atoms with Crippen LogP contribution in [0.5, 0.6) is 5.75 Å². The summed E-state index contributed by atoms with van der Waals surface area (Å²) in [5.74, 6) is 6.12. The van der Waals surface area contributed by atoms with Gasteiger partial charge in [0, 0.05) is 7.05 Å². The maximum absolute atomic E-state index is 5.27. The summed E-state index contributed by atoms with van der Waals surface area (Å²) in [6, 6.07) is 5.91. The molecule has 2 N–H and O–H groups in total. The van der Waals surface area contributed by atoms with Gasteiger partial charge in [-0.3, -0.25) is 0 Å². The predicted molar refractivity (Wildman–Crippen MR) is 57.1 cm³/mol. The van der Waals surface area contributed by atoms with E-state index in [0.717, 1.165) is 20.8 Å². The molecule has 1 aromatic heterocycles. The highest BCUT2D eigenvalue weighted by atomic mass is 32.1. The molecule has 0 saturated carbocycles. The Morgan fingerprint density at radius 2 is 2.29 bits per heavy atom. The molecule has 1 heterocycles. The molecule has 0 spiro atoms. The van der Waals surface area contributed by atoms with Crippen LogP contribution in [0.15, 0.2) is 23.3 Å². The Bertz CT molecular complexity index is 526. The summed E-state index contributed by atoms with van der Waals surface area (Å²) >= 11 is 1.54. The Hall–Kier alpha value is -1.49. The molecule has 5 heteroatoms. The molecule has 2 rings (SSSR count). The van der Waals surface area contributed by atoms with Crippen LogP contribution in [0.3, 0.4) is 0 Å². The molecule has 0 atom stereocenters. The zero-order valence-electron chi connectivity index (χ0n) is 8.02. The molecule has 0 saturated heterocycles. The molecule has 0 aliphatic rings. The summed E-state index contributed by atoms with van der Waals surface area (Å²) < 4.78 is 8.22. The number of rotatable bonds is 1. The van der Waals surface area contributed by atoms with Gasteiger partial charge in [-0.05, 0) is 18.2 Å². The third kappa shape index (κ3) is 1.26.